The molecule has 0 fully saturated rings. The Balaban J connectivity index is 1.95. The zero-order chi connectivity index (χ0) is 15.5. The van der Waals surface area contributed by atoms with Crippen LogP contribution < -0.4 is 0 Å². The van der Waals surface area contributed by atoms with Gasteiger partial charge in [0.25, 0.3) is 0 Å². The summed E-state index contributed by atoms with van der Waals surface area (Å²) in [6.07, 6.45) is 0. The Hall–Kier alpha value is -2.34. The molecule has 0 heteroatoms. The van der Waals surface area contributed by atoms with E-state index in [4.69, 9.17) is 0 Å². The minimum Gasteiger partial charge on any atom is -0.0610 e. The molecule has 110 valence electrons. The fraction of sp³-hybridized carbons (Fsp3) is 0.182. The predicted molar refractivity (Wildman–Crippen MR) is 96.1 cm³/mol. The molecule has 0 bridgehead atoms. The summed E-state index contributed by atoms with van der Waals surface area (Å²) >= 11 is 0. The largest absolute Gasteiger partial charge is 0.0610 e. The van der Waals surface area contributed by atoms with Crippen molar-refractivity contribution < 1.29 is 0 Å². The van der Waals surface area contributed by atoms with Crippen LogP contribution in [0.5, 0.6) is 0 Å². The lowest BCUT2D eigenvalue weighted by molar-refractivity contribution is 0.867. The summed E-state index contributed by atoms with van der Waals surface area (Å²) in [4.78, 5) is 0. The maximum absolute atomic E-state index is 2.27. The van der Waals surface area contributed by atoms with Crippen molar-refractivity contribution in [1.29, 1.82) is 0 Å². The van der Waals surface area contributed by atoms with E-state index in [2.05, 4.69) is 93.6 Å². The summed E-state index contributed by atoms with van der Waals surface area (Å²) in [5.74, 6) is 0.577. The van der Waals surface area contributed by atoms with Gasteiger partial charge in [-0.2, -0.15) is 0 Å². The van der Waals surface area contributed by atoms with Crippen molar-refractivity contribution in [2.45, 2.75) is 26.7 Å². The molecule has 0 aromatic heterocycles. The van der Waals surface area contributed by atoms with Crippen LogP contribution in [0.3, 0.4) is 0 Å². The minimum absolute atomic E-state index is 0.577. The van der Waals surface area contributed by atoms with Crippen LogP contribution in [0.1, 0.15) is 30.9 Å². The van der Waals surface area contributed by atoms with E-state index < -0.39 is 0 Å². The third kappa shape index (κ3) is 3.12. The molecule has 3 rings (SSSR count). The summed E-state index contributed by atoms with van der Waals surface area (Å²) in [7, 11) is 0. The number of benzene rings is 3. The molecule has 0 spiro atoms. The fourth-order valence-corrected chi connectivity index (χ4v) is 2.68. The molecule has 0 radical (unpaired) electrons. The Labute approximate surface area is 133 Å². The average Bonchev–Trinajstić information content (AvgIpc) is 2.56. The second-order valence-electron chi connectivity index (χ2n) is 6.22. The van der Waals surface area contributed by atoms with Gasteiger partial charge in [-0.15, -0.1) is 0 Å². The number of aryl methyl sites for hydroxylation is 1. The van der Waals surface area contributed by atoms with Crippen molar-refractivity contribution in [2.24, 2.45) is 0 Å². The Morgan fingerprint density at radius 2 is 1.09 bits per heavy atom. The average molecular weight is 286 g/mol. The first-order chi connectivity index (χ1) is 10.6. The van der Waals surface area contributed by atoms with E-state index in [1.807, 2.05) is 0 Å². The third-order valence-corrected chi connectivity index (χ3v) is 4.16. The van der Waals surface area contributed by atoms with Crippen LogP contribution in [0.2, 0.25) is 0 Å². The van der Waals surface area contributed by atoms with Gasteiger partial charge in [0.1, 0.15) is 0 Å². The molecule has 0 saturated heterocycles. The Morgan fingerprint density at radius 3 is 1.59 bits per heavy atom. The summed E-state index contributed by atoms with van der Waals surface area (Å²) in [5.41, 5.74) is 7.77. The second kappa shape index (κ2) is 6.19. The Morgan fingerprint density at radius 1 is 0.591 bits per heavy atom. The van der Waals surface area contributed by atoms with Gasteiger partial charge in [-0.3, -0.25) is 0 Å². The van der Waals surface area contributed by atoms with Crippen molar-refractivity contribution in [3.05, 3.63) is 83.9 Å². The van der Waals surface area contributed by atoms with Gasteiger partial charge in [0.05, 0.1) is 0 Å². The smallest absolute Gasteiger partial charge is 0.0178 e. The highest BCUT2D eigenvalue weighted by Crippen LogP contribution is 2.27. The van der Waals surface area contributed by atoms with Crippen molar-refractivity contribution in [2.75, 3.05) is 0 Å². The number of hydrogen-bond acceptors (Lipinski definition) is 0. The molecule has 0 saturated carbocycles. The van der Waals surface area contributed by atoms with Crippen LogP contribution >= 0.6 is 0 Å². The van der Waals surface area contributed by atoms with Crippen molar-refractivity contribution >= 4 is 0 Å². The molecule has 3 aromatic carbocycles. The SMILES string of the molecule is Cc1ccc(-c2cccc(-c3ccc(C(C)C)cc3)c2)cc1. The van der Waals surface area contributed by atoms with E-state index in [9.17, 15) is 0 Å². The summed E-state index contributed by atoms with van der Waals surface area (Å²) in [6.45, 7) is 6.58. The zero-order valence-electron chi connectivity index (χ0n) is 13.5. The van der Waals surface area contributed by atoms with E-state index >= 15 is 0 Å². The van der Waals surface area contributed by atoms with E-state index in [1.54, 1.807) is 0 Å². The first kappa shape index (κ1) is 14.6. The standard InChI is InChI=1S/C22H22/c1-16(2)18-11-13-20(14-12-18)22-6-4-5-21(15-22)19-9-7-17(3)8-10-19/h4-16H,1-3H3. The molecule has 0 amide bonds. The minimum atomic E-state index is 0.577. The fourth-order valence-electron chi connectivity index (χ4n) is 2.68. The van der Waals surface area contributed by atoms with Crippen LogP contribution in [-0.4, -0.2) is 0 Å². The summed E-state index contributed by atoms with van der Waals surface area (Å²) in [6, 6.07) is 26.4. The van der Waals surface area contributed by atoms with Gasteiger partial charge in [0, 0.05) is 0 Å². The molecule has 3 aromatic rings. The molecule has 0 N–H and O–H groups in total. The first-order valence-corrected chi connectivity index (χ1v) is 7.91. The van der Waals surface area contributed by atoms with Crippen molar-refractivity contribution in [3.8, 4) is 22.3 Å². The quantitative estimate of drug-likeness (QED) is 0.519. The Bertz CT molecular complexity index is 747. The molecule has 0 unspecified atom stereocenters. The first-order valence-electron chi connectivity index (χ1n) is 7.91. The molecular weight excluding hydrogens is 264 g/mol. The highest BCUT2D eigenvalue weighted by atomic mass is 14.1. The number of hydrogen-bond donors (Lipinski definition) is 0. The summed E-state index contributed by atoms with van der Waals surface area (Å²) in [5, 5.41) is 0. The normalized spacial score (nSPS) is 10.9. The lowest BCUT2D eigenvalue weighted by Crippen LogP contribution is -1.87. The van der Waals surface area contributed by atoms with Crippen LogP contribution in [0.25, 0.3) is 22.3 Å². The topological polar surface area (TPSA) is 0 Å². The molecule has 0 aliphatic carbocycles. The van der Waals surface area contributed by atoms with Crippen LogP contribution in [0.4, 0.5) is 0 Å². The van der Waals surface area contributed by atoms with E-state index in [0.29, 0.717) is 5.92 Å². The van der Waals surface area contributed by atoms with Gasteiger partial charge in [-0.05, 0) is 46.7 Å². The second-order valence-corrected chi connectivity index (χ2v) is 6.22. The molecule has 0 aliphatic heterocycles. The van der Waals surface area contributed by atoms with E-state index in [1.165, 1.54) is 33.4 Å². The zero-order valence-corrected chi connectivity index (χ0v) is 13.5. The highest BCUT2D eigenvalue weighted by molar-refractivity contribution is 5.73. The molecular formula is C22H22. The molecule has 22 heavy (non-hydrogen) atoms. The molecule has 0 atom stereocenters. The van der Waals surface area contributed by atoms with Gasteiger partial charge in [-0.25, -0.2) is 0 Å². The molecule has 0 heterocycles. The van der Waals surface area contributed by atoms with Gasteiger partial charge < -0.3 is 0 Å². The van der Waals surface area contributed by atoms with Crippen LogP contribution in [0.15, 0.2) is 72.8 Å². The van der Waals surface area contributed by atoms with Gasteiger partial charge in [-0.1, -0.05) is 86.1 Å². The lowest BCUT2D eigenvalue weighted by atomic mass is 9.96. The van der Waals surface area contributed by atoms with Crippen LogP contribution in [-0.2, 0) is 0 Å². The molecule has 0 nitrogen and oxygen atoms in total. The van der Waals surface area contributed by atoms with Gasteiger partial charge in [0.15, 0.2) is 0 Å². The predicted octanol–water partition coefficient (Wildman–Crippen LogP) is 6.45. The van der Waals surface area contributed by atoms with Crippen LogP contribution in [0, 0.1) is 6.92 Å². The van der Waals surface area contributed by atoms with Gasteiger partial charge >= 0.3 is 0 Å². The van der Waals surface area contributed by atoms with Crippen molar-refractivity contribution in [3.63, 3.8) is 0 Å². The van der Waals surface area contributed by atoms with E-state index in [-0.39, 0.29) is 0 Å². The maximum atomic E-state index is 2.27. The monoisotopic (exact) mass is 286 g/mol. The van der Waals surface area contributed by atoms with Gasteiger partial charge in [0.2, 0.25) is 0 Å². The van der Waals surface area contributed by atoms with Crippen molar-refractivity contribution in [1.82, 2.24) is 0 Å². The highest BCUT2D eigenvalue weighted by Gasteiger charge is 2.03. The third-order valence-electron chi connectivity index (χ3n) is 4.16. The van der Waals surface area contributed by atoms with E-state index in [0.717, 1.165) is 0 Å². The lowest BCUT2D eigenvalue weighted by Gasteiger charge is -2.09. The molecule has 0 aliphatic rings. The number of rotatable bonds is 3. The Kier molecular flexibility index (Phi) is 4.11. The maximum Gasteiger partial charge on any atom is -0.0178 e. The summed E-state index contributed by atoms with van der Waals surface area (Å²) < 4.78 is 0.